The number of nitro benzene ring substituents is 1. The summed E-state index contributed by atoms with van der Waals surface area (Å²) < 4.78 is 63.3. The van der Waals surface area contributed by atoms with Gasteiger partial charge in [0.15, 0.2) is 30.7 Å². The molecule has 0 bridgehead atoms. The van der Waals surface area contributed by atoms with Crippen LogP contribution >= 0.6 is 0 Å². The Morgan fingerprint density at radius 1 is 0.814 bits per heavy atom. The van der Waals surface area contributed by atoms with Gasteiger partial charge in [-0.25, -0.2) is 9.59 Å². The first-order chi connectivity index (χ1) is 22.0. The predicted molar refractivity (Wildman–Crippen MR) is 138 cm³/mol. The number of esters is 4. The minimum Gasteiger partial charge on any atom is -0.455 e. The minimum atomic E-state index is -1.85. The number of nitro groups is 1. The molecular weight excluding hydrogens is 578 g/mol. The van der Waals surface area contributed by atoms with E-state index in [0.717, 1.165) is 19.2 Å². The van der Waals surface area contributed by atoms with Crippen LogP contribution in [0.4, 0.5) is 10.5 Å². The third-order valence-electron chi connectivity index (χ3n) is 5.51. The lowest BCUT2D eigenvalue weighted by atomic mass is 9.97. The summed E-state index contributed by atoms with van der Waals surface area (Å²) in [5.41, 5.74) is 0.235. The second kappa shape index (κ2) is 14.7. The monoisotopic (exact) mass is 608 g/mol. The highest BCUT2D eigenvalue weighted by Gasteiger charge is 2.55. The van der Waals surface area contributed by atoms with Gasteiger partial charge in [-0.1, -0.05) is 12.1 Å². The molecule has 1 heterocycles. The molecule has 1 aliphatic heterocycles. The number of nitrogens with zero attached hydrogens (tertiary/aromatic N) is 1. The van der Waals surface area contributed by atoms with Crippen LogP contribution in [-0.2, 0) is 54.2 Å². The van der Waals surface area contributed by atoms with Crippen LogP contribution in [0.25, 0.3) is 0 Å². The van der Waals surface area contributed by atoms with Gasteiger partial charge in [0.05, 0.1) is 4.92 Å². The van der Waals surface area contributed by atoms with Gasteiger partial charge < -0.3 is 37.9 Å². The van der Waals surface area contributed by atoms with Crippen LogP contribution in [0.15, 0.2) is 48.5 Å². The molecule has 16 nitrogen and oxygen atoms in total. The fourth-order valence-corrected chi connectivity index (χ4v) is 3.77. The molecule has 0 aromatic heterocycles. The van der Waals surface area contributed by atoms with Crippen molar-refractivity contribution in [2.45, 2.75) is 58.0 Å². The van der Waals surface area contributed by atoms with Crippen LogP contribution in [0, 0.1) is 10.1 Å². The number of non-ortho nitro benzene ring substituents is 1. The second-order valence-electron chi connectivity index (χ2n) is 8.48. The molecule has 5 atom stereocenters. The van der Waals surface area contributed by atoms with E-state index in [0.29, 0.717) is 5.56 Å². The molecule has 230 valence electrons. The summed E-state index contributed by atoms with van der Waals surface area (Å²) in [6.07, 6.45) is -9.76. The van der Waals surface area contributed by atoms with Gasteiger partial charge in [-0.15, -0.1) is 0 Å². The fourth-order valence-electron chi connectivity index (χ4n) is 3.77. The molecule has 1 unspecified atom stereocenters. The van der Waals surface area contributed by atoms with Crippen molar-refractivity contribution in [3.8, 4) is 11.5 Å². The van der Waals surface area contributed by atoms with Crippen molar-refractivity contribution < 1.29 is 70.9 Å². The topological polar surface area (TPSA) is 202 Å². The number of ether oxygens (including phenoxy) is 8. The Bertz CT molecular complexity index is 1410. The zero-order chi connectivity index (χ0) is 33.8. The normalized spacial score (nSPS) is 22.0. The van der Waals surface area contributed by atoms with E-state index in [9.17, 15) is 34.1 Å². The molecule has 43 heavy (non-hydrogen) atoms. The summed E-state index contributed by atoms with van der Waals surface area (Å²) in [6.45, 7) is -2.93. The Morgan fingerprint density at radius 3 is 1.91 bits per heavy atom. The average Bonchev–Trinajstić information content (AvgIpc) is 3.05. The average molecular weight is 609 g/mol. The maximum atomic E-state index is 13.2. The zero-order valence-corrected chi connectivity index (χ0v) is 22.4. The highest BCUT2D eigenvalue weighted by Crippen LogP contribution is 2.30. The molecule has 1 fully saturated rings. The van der Waals surface area contributed by atoms with Gasteiger partial charge in [0.2, 0.25) is 0 Å². The van der Waals surface area contributed by atoms with Gasteiger partial charge in [0.25, 0.3) is 5.69 Å². The molecule has 0 N–H and O–H groups in total. The summed E-state index contributed by atoms with van der Waals surface area (Å²) in [5.74, 6) is -4.65. The van der Waals surface area contributed by atoms with Gasteiger partial charge in [0, 0.05) is 44.1 Å². The van der Waals surface area contributed by atoms with Crippen molar-refractivity contribution in [3.63, 3.8) is 0 Å². The number of carbonyl (C=O) groups is 5. The largest absolute Gasteiger partial charge is 0.514 e. The van der Waals surface area contributed by atoms with Crippen LogP contribution in [0.3, 0.4) is 0 Å². The number of carbonyl (C=O) groups excluding carboxylic acids is 5. The first kappa shape index (κ1) is 28.0. The lowest BCUT2D eigenvalue weighted by Crippen LogP contribution is -2.64. The lowest BCUT2D eigenvalue weighted by Gasteiger charge is -2.42. The summed E-state index contributed by atoms with van der Waals surface area (Å²) in [5, 5.41) is 10.7. The summed E-state index contributed by atoms with van der Waals surface area (Å²) in [6, 6.07) is 10.2. The Hall–Kier alpha value is -5.09. The molecular formula is C27H27NO15. The zero-order valence-electron chi connectivity index (χ0n) is 25.4. The van der Waals surface area contributed by atoms with E-state index in [4.69, 9.17) is 42.0 Å². The van der Waals surface area contributed by atoms with Crippen LogP contribution in [0.5, 0.6) is 11.5 Å². The Kier molecular flexibility index (Phi) is 9.59. The van der Waals surface area contributed by atoms with Crippen LogP contribution < -0.4 is 9.47 Å². The quantitative estimate of drug-likeness (QED) is 0.0949. The first-order valence-corrected chi connectivity index (χ1v) is 12.0. The first-order valence-electron chi connectivity index (χ1n) is 14.2. The summed E-state index contributed by atoms with van der Waals surface area (Å²) in [7, 11) is 1.11. The van der Waals surface area contributed by atoms with E-state index in [1.807, 2.05) is 0 Å². The van der Waals surface area contributed by atoms with E-state index < -0.39 is 86.4 Å². The van der Waals surface area contributed by atoms with E-state index in [1.54, 1.807) is 0 Å². The molecule has 16 heteroatoms. The van der Waals surface area contributed by atoms with E-state index in [1.165, 1.54) is 36.4 Å². The van der Waals surface area contributed by atoms with Gasteiger partial charge >= 0.3 is 30.0 Å². The number of hydrogen-bond acceptors (Lipinski definition) is 15. The van der Waals surface area contributed by atoms with Crippen LogP contribution in [-0.4, -0.2) is 72.8 Å². The molecule has 1 aliphatic rings. The predicted octanol–water partition coefficient (Wildman–Crippen LogP) is 2.38. The summed E-state index contributed by atoms with van der Waals surface area (Å²) >= 11 is 0. The summed E-state index contributed by atoms with van der Waals surface area (Å²) in [4.78, 5) is 71.4. The van der Waals surface area contributed by atoms with Crippen molar-refractivity contribution in [2.75, 3.05) is 7.11 Å². The molecule has 1 saturated heterocycles. The number of methoxy groups -OCH3 is 1. The Morgan fingerprint density at radius 2 is 1.35 bits per heavy atom. The molecule has 0 aliphatic carbocycles. The van der Waals surface area contributed by atoms with Gasteiger partial charge in [-0.05, 0) is 29.8 Å². The Labute approximate surface area is 248 Å². The standard InChI is InChI=1S/C27H27NO15/c1-14(29)38-21-22(39-15(2)30)24(40-16(3)31)26(36-4)43-23(21)25(32)41-19-9-5-17(6-10-19)13-37-27(33)42-20-11-7-18(8-12-20)28(34)35/h5-12,21-24,26H,13H2,1-4H3/t21-,22-,23-,24+,26?/m0/s1/i1D,2D,3D. The van der Waals surface area contributed by atoms with Crippen LogP contribution in [0.1, 0.15) is 30.4 Å². The molecule has 0 saturated carbocycles. The van der Waals surface area contributed by atoms with Crippen molar-refractivity contribution >= 4 is 35.7 Å². The second-order valence-corrected chi connectivity index (χ2v) is 8.48. The van der Waals surface area contributed by atoms with Crippen molar-refractivity contribution in [1.29, 1.82) is 0 Å². The molecule has 2 aromatic carbocycles. The van der Waals surface area contributed by atoms with E-state index in [2.05, 4.69) is 0 Å². The fraction of sp³-hybridized carbons (Fsp3) is 0.370. The molecule has 0 amide bonds. The molecule has 0 radical (unpaired) electrons. The maximum Gasteiger partial charge on any atom is 0.514 e. The minimum absolute atomic E-state index is 0.0165. The highest BCUT2D eigenvalue weighted by atomic mass is 16.7. The Balaban J connectivity index is 1.71. The van der Waals surface area contributed by atoms with Crippen LogP contribution in [0.2, 0.25) is 0 Å². The van der Waals surface area contributed by atoms with Gasteiger partial charge in [-0.3, -0.25) is 24.5 Å². The lowest BCUT2D eigenvalue weighted by molar-refractivity contribution is -0.384. The van der Waals surface area contributed by atoms with E-state index in [-0.39, 0.29) is 23.8 Å². The van der Waals surface area contributed by atoms with Gasteiger partial charge in [-0.2, -0.15) is 0 Å². The SMILES string of the molecule is [2H]CC(=O)O[C@H]1[C@H](OC(=O)C[2H])[C@@H](OC(=O)C[2H])C(OC)O[C@@H]1C(=O)Oc1ccc(COC(=O)Oc2ccc([N+](=O)[O-])cc2)cc1. The maximum absolute atomic E-state index is 13.2. The molecule has 0 spiro atoms. The number of rotatable bonds is 10. The third kappa shape index (κ3) is 9.20. The third-order valence-corrected chi connectivity index (χ3v) is 5.51. The van der Waals surface area contributed by atoms with Crippen molar-refractivity contribution in [1.82, 2.24) is 0 Å². The van der Waals surface area contributed by atoms with E-state index >= 15 is 0 Å². The van der Waals surface area contributed by atoms with Crippen molar-refractivity contribution in [2.24, 2.45) is 0 Å². The smallest absolute Gasteiger partial charge is 0.455 e. The van der Waals surface area contributed by atoms with Crippen molar-refractivity contribution in [3.05, 3.63) is 64.2 Å². The van der Waals surface area contributed by atoms with Gasteiger partial charge in [0.1, 0.15) is 18.1 Å². The number of hydrogen-bond donors (Lipinski definition) is 0. The molecule has 3 rings (SSSR count). The number of benzene rings is 2. The molecule has 2 aromatic rings. The highest BCUT2D eigenvalue weighted by molar-refractivity contribution is 5.79.